The van der Waals surface area contributed by atoms with E-state index in [9.17, 15) is 24.9 Å². The number of phenolic OH excluding ortho intramolecular Hbond substituents is 2. The number of hydrogen-bond acceptors (Lipinski definition) is 4. The van der Waals surface area contributed by atoms with E-state index in [1.165, 1.54) is 30.4 Å². The lowest BCUT2D eigenvalue weighted by Crippen LogP contribution is -2.40. The minimum atomic E-state index is -1.31. The van der Waals surface area contributed by atoms with Crippen LogP contribution in [-0.4, -0.2) is 27.1 Å². The third-order valence-electron chi connectivity index (χ3n) is 4.01. The Hall–Kier alpha value is -2.30. The van der Waals surface area contributed by atoms with Gasteiger partial charge in [-0.2, -0.15) is 0 Å². The fourth-order valence-corrected chi connectivity index (χ4v) is 2.70. The van der Waals surface area contributed by atoms with E-state index in [4.69, 9.17) is 0 Å². The van der Waals surface area contributed by atoms with Crippen molar-refractivity contribution in [1.29, 1.82) is 0 Å². The molecule has 0 amide bonds. The summed E-state index contributed by atoms with van der Waals surface area (Å²) in [6.07, 6.45) is 5.89. The highest BCUT2D eigenvalue weighted by Crippen LogP contribution is 2.38. The molecule has 3 N–H and O–H groups in total. The van der Waals surface area contributed by atoms with Crippen LogP contribution in [0.3, 0.4) is 0 Å². The molecule has 0 radical (unpaired) electrons. The maximum absolute atomic E-state index is 12.3. The molecule has 5 nitrogen and oxygen atoms in total. The van der Waals surface area contributed by atoms with E-state index in [1.54, 1.807) is 0 Å². The number of rotatable bonds is 4. The number of aromatic hydroxyl groups is 2. The summed E-state index contributed by atoms with van der Waals surface area (Å²) in [5.74, 6) is -2.00. The van der Waals surface area contributed by atoms with Gasteiger partial charge in [-0.3, -0.25) is 9.59 Å². The SMILES string of the molecule is O=C(O)C1(C(=O)/C=C/c2ccc(O)c(O)c2)CCCCC1. The lowest BCUT2D eigenvalue weighted by molar-refractivity contribution is -0.155. The molecule has 1 aromatic carbocycles. The highest BCUT2D eigenvalue weighted by molar-refractivity contribution is 6.10. The Morgan fingerprint density at radius 2 is 1.71 bits per heavy atom. The van der Waals surface area contributed by atoms with Gasteiger partial charge in [-0.1, -0.05) is 31.4 Å². The van der Waals surface area contributed by atoms with Crippen molar-refractivity contribution in [2.75, 3.05) is 0 Å². The summed E-state index contributed by atoms with van der Waals surface area (Å²) in [6.45, 7) is 0. The van der Waals surface area contributed by atoms with Crippen molar-refractivity contribution in [3.63, 3.8) is 0 Å². The van der Waals surface area contributed by atoms with Crippen molar-refractivity contribution in [2.45, 2.75) is 32.1 Å². The van der Waals surface area contributed by atoms with Crippen LogP contribution in [0.5, 0.6) is 11.5 Å². The van der Waals surface area contributed by atoms with Crippen LogP contribution in [0.2, 0.25) is 0 Å². The first kappa shape index (κ1) is 15.1. The molecule has 0 heterocycles. The molecule has 21 heavy (non-hydrogen) atoms. The first-order valence-corrected chi connectivity index (χ1v) is 6.93. The van der Waals surface area contributed by atoms with E-state index < -0.39 is 17.2 Å². The lowest BCUT2D eigenvalue weighted by Gasteiger charge is -2.30. The van der Waals surface area contributed by atoms with Gasteiger partial charge in [0.2, 0.25) is 0 Å². The van der Waals surface area contributed by atoms with Crippen molar-refractivity contribution in [3.05, 3.63) is 29.8 Å². The topological polar surface area (TPSA) is 94.8 Å². The number of aliphatic carboxylic acids is 1. The predicted molar refractivity (Wildman–Crippen MR) is 77.0 cm³/mol. The van der Waals surface area contributed by atoms with Gasteiger partial charge in [0.05, 0.1) is 0 Å². The van der Waals surface area contributed by atoms with E-state index in [0.717, 1.165) is 19.3 Å². The summed E-state index contributed by atoms with van der Waals surface area (Å²) in [5.41, 5.74) is -0.789. The molecule has 112 valence electrons. The summed E-state index contributed by atoms with van der Waals surface area (Å²) in [7, 11) is 0. The molecule has 1 aliphatic carbocycles. The number of allylic oxidation sites excluding steroid dienone is 1. The van der Waals surface area contributed by atoms with Gasteiger partial charge in [-0.25, -0.2) is 0 Å². The number of benzene rings is 1. The zero-order chi connectivity index (χ0) is 15.5. The van der Waals surface area contributed by atoms with E-state index in [0.29, 0.717) is 18.4 Å². The summed E-state index contributed by atoms with van der Waals surface area (Å²) < 4.78 is 0. The number of phenols is 2. The number of carbonyl (C=O) groups excluding carboxylic acids is 1. The van der Waals surface area contributed by atoms with Crippen molar-refractivity contribution < 1.29 is 24.9 Å². The van der Waals surface area contributed by atoms with Gasteiger partial charge < -0.3 is 15.3 Å². The number of carboxylic acids is 1. The molecule has 1 aliphatic rings. The second-order valence-electron chi connectivity index (χ2n) is 5.39. The highest BCUT2D eigenvalue weighted by atomic mass is 16.4. The standard InChI is InChI=1S/C16H18O5/c17-12-6-4-11(10-13(12)18)5-7-14(19)16(15(20)21)8-2-1-3-9-16/h4-7,10,17-18H,1-3,8-9H2,(H,20,21)/b7-5+. The average molecular weight is 290 g/mol. The molecule has 0 aliphatic heterocycles. The zero-order valence-corrected chi connectivity index (χ0v) is 11.6. The third-order valence-corrected chi connectivity index (χ3v) is 4.01. The molecule has 0 saturated heterocycles. The molecule has 0 atom stereocenters. The van der Waals surface area contributed by atoms with Crippen molar-refractivity contribution in [1.82, 2.24) is 0 Å². The minimum absolute atomic E-state index is 0.243. The molecule has 0 aromatic heterocycles. The van der Waals surface area contributed by atoms with Crippen molar-refractivity contribution >= 4 is 17.8 Å². The molecule has 0 spiro atoms. The summed E-state index contributed by atoms with van der Waals surface area (Å²) in [5, 5.41) is 28.0. The van der Waals surface area contributed by atoms with Crippen LogP contribution in [0.1, 0.15) is 37.7 Å². The van der Waals surface area contributed by atoms with Crippen LogP contribution < -0.4 is 0 Å². The minimum Gasteiger partial charge on any atom is -0.504 e. The Labute approximate surface area is 122 Å². The van der Waals surface area contributed by atoms with Gasteiger partial charge >= 0.3 is 5.97 Å². The Bertz CT molecular complexity index is 582. The smallest absolute Gasteiger partial charge is 0.317 e. The molecule has 1 fully saturated rings. The van der Waals surface area contributed by atoms with E-state index >= 15 is 0 Å². The van der Waals surface area contributed by atoms with E-state index in [-0.39, 0.29) is 11.5 Å². The molecule has 5 heteroatoms. The van der Waals surface area contributed by atoms with Crippen LogP contribution >= 0.6 is 0 Å². The third kappa shape index (κ3) is 3.07. The van der Waals surface area contributed by atoms with Crippen LogP contribution in [0.4, 0.5) is 0 Å². The fraction of sp³-hybridized carbons (Fsp3) is 0.375. The van der Waals surface area contributed by atoms with Gasteiger partial charge in [0.25, 0.3) is 0 Å². The highest BCUT2D eigenvalue weighted by Gasteiger charge is 2.45. The number of carboxylic acid groups (broad SMARTS) is 1. The largest absolute Gasteiger partial charge is 0.504 e. The molecular weight excluding hydrogens is 272 g/mol. The lowest BCUT2D eigenvalue weighted by atomic mass is 9.71. The predicted octanol–water partition coefficient (Wildman–Crippen LogP) is 2.72. The summed E-state index contributed by atoms with van der Waals surface area (Å²) in [6, 6.07) is 4.16. The Kier molecular flexibility index (Phi) is 4.31. The normalized spacial score (nSPS) is 17.7. The molecule has 2 rings (SSSR count). The summed E-state index contributed by atoms with van der Waals surface area (Å²) in [4.78, 5) is 23.8. The second kappa shape index (κ2) is 5.99. The van der Waals surface area contributed by atoms with Crippen LogP contribution in [0.25, 0.3) is 6.08 Å². The van der Waals surface area contributed by atoms with Gasteiger partial charge in [0.15, 0.2) is 17.3 Å². The van der Waals surface area contributed by atoms with Crippen LogP contribution in [0.15, 0.2) is 24.3 Å². The first-order chi connectivity index (χ1) is 9.95. The van der Waals surface area contributed by atoms with Gasteiger partial charge in [-0.15, -0.1) is 0 Å². The summed E-state index contributed by atoms with van der Waals surface area (Å²) >= 11 is 0. The monoisotopic (exact) mass is 290 g/mol. The molecular formula is C16H18O5. The van der Waals surface area contributed by atoms with E-state index in [2.05, 4.69) is 0 Å². The zero-order valence-electron chi connectivity index (χ0n) is 11.6. The quantitative estimate of drug-likeness (QED) is 0.450. The van der Waals surface area contributed by atoms with Crippen molar-refractivity contribution in [3.8, 4) is 11.5 Å². The number of ketones is 1. The Balaban J connectivity index is 2.20. The van der Waals surface area contributed by atoms with Gasteiger partial charge in [-0.05, 0) is 36.6 Å². The number of carbonyl (C=O) groups is 2. The second-order valence-corrected chi connectivity index (χ2v) is 5.39. The first-order valence-electron chi connectivity index (χ1n) is 6.93. The van der Waals surface area contributed by atoms with Crippen molar-refractivity contribution in [2.24, 2.45) is 5.41 Å². The average Bonchev–Trinajstić information content (AvgIpc) is 2.48. The maximum atomic E-state index is 12.3. The molecule has 1 aromatic rings. The van der Waals surface area contributed by atoms with E-state index in [1.807, 2.05) is 0 Å². The maximum Gasteiger partial charge on any atom is 0.317 e. The Morgan fingerprint density at radius 1 is 1.05 bits per heavy atom. The fourth-order valence-electron chi connectivity index (χ4n) is 2.70. The molecule has 0 unspecified atom stereocenters. The van der Waals surface area contributed by atoms with Crippen LogP contribution in [0, 0.1) is 5.41 Å². The van der Waals surface area contributed by atoms with Gasteiger partial charge in [0.1, 0.15) is 5.41 Å². The molecule has 0 bridgehead atoms. The van der Waals surface area contributed by atoms with Gasteiger partial charge in [0, 0.05) is 0 Å². The Morgan fingerprint density at radius 3 is 2.29 bits per heavy atom. The molecule has 1 saturated carbocycles. The number of hydrogen-bond donors (Lipinski definition) is 3. The van der Waals surface area contributed by atoms with Crippen LogP contribution in [-0.2, 0) is 9.59 Å².